The van der Waals surface area contributed by atoms with Gasteiger partial charge in [0.2, 0.25) is 0 Å². The normalized spacial score (nSPS) is 13.2. The summed E-state index contributed by atoms with van der Waals surface area (Å²) in [6, 6.07) is 1.47. The van der Waals surface area contributed by atoms with Crippen LogP contribution < -0.4 is 5.32 Å². The Morgan fingerprint density at radius 2 is 2.05 bits per heavy atom. The molecular weight excluding hydrogens is 318 g/mol. The van der Waals surface area contributed by atoms with Crippen LogP contribution >= 0.6 is 22.0 Å². The van der Waals surface area contributed by atoms with Crippen LogP contribution in [0, 0.1) is 0 Å². The van der Waals surface area contributed by atoms with Gasteiger partial charge in [0.15, 0.2) is 0 Å². The van der Waals surface area contributed by atoms with E-state index >= 15 is 0 Å². The molecule has 1 unspecified atom stereocenters. The minimum Gasteiger partial charge on any atom is -0.349 e. The Hall–Kier alpha value is -0.590. The van der Waals surface area contributed by atoms with Gasteiger partial charge in [0.25, 0.3) is 15.0 Å². The molecule has 0 saturated carbocycles. The number of carbonyl (C=O) groups excluding carboxylic acids is 1. The number of rotatable bonds is 8. The number of amides is 1. The zero-order valence-electron chi connectivity index (χ0n) is 11.7. The van der Waals surface area contributed by atoms with Crippen LogP contribution in [0.25, 0.3) is 0 Å². The highest BCUT2D eigenvalue weighted by atomic mass is 35.7. The SMILES string of the molecule is CCCCC(CCC)NC(=O)c1csc(S(=O)(=O)Cl)c1. The zero-order valence-corrected chi connectivity index (χ0v) is 14.1. The second-order valence-electron chi connectivity index (χ2n) is 4.69. The maximum Gasteiger partial charge on any atom is 0.270 e. The van der Waals surface area contributed by atoms with Crippen LogP contribution in [-0.2, 0) is 9.05 Å². The highest BCUT2D eigenvalue weighted by molar-refractivity contribution is 8.15. The van der Waals surface area contributed by atoms with E-state index in [1.807, 2.05) is 0 Å². The summed E-state index contributed by atoms with van der Waals surface area (Å²) in [6.07, 6.45) is 5.02. The second-order valence-corrected chi connectivity index (χ2v) is 8.40. The molecule has 1 aromatic heterocycles. The van der Waals surface area contributed by atoms with Crippen molar-refractivity contribution in [1.82, 2.24) is 5.32 Å². The van der Waals surface area contributed by atoms with Crippen molar-refractivity contribution in [1.29, 1.82) is 0 Å². The third-order valence-corrected chi connectivity index (χ3v) is 6.00. The molecule has 0 saturated heterocycles. The molecule has 0 aromatic carbocycles. The first-order chi connectivity index (χ1) is 9.38. The van der Waals surface area contributed by atoms with Crippen molar-refractivity contribution in [2.45, 2.75) is 56.2 Å². The van der Waals surface area contributed by atoms with Gasteiger partial charge in [-0.15, -0.1) is 11.3 Å². The number of unbranched alkanes of at least 4 members (excludes halogenated alkanes) is 1. The Balaban J connectivity index is 2.71. The Kier molecular flexibility index (Phi) is 6.99. The van der Waals surface area contributed by atoms with Crippen molar-refractivity contribution in [2.75, 3.05) is 0 Å². The first-order valence-corrected chi connectivity index (χ1v) is 9.91. The Morgan fingerprint density at radius 1 is 1.35 bits per heavy atom. The van der Waals surface area contributed by atoms with Crippen LogP contribution in [0.3, 0.4) is 0 Å². The number of carbonyl (C=O) groups is 1. The molecule has 0 radical (unpaired) electrons. The first kappa shape index (κ1) is 17.5. The highest BCUT2D eigenvalue weighted by Gasteiger charge is 2.18. The maximum absolute atomic E-state index is 12.1. The molecular formula is C13H20ClNO3S2. The summed E-state index contributed by atoms with van der Waals surface area (Å²) in [5.74, 6) is -0.234. The van der Waals surface area contributed by atoms with Crippen molar-refractivity contribution in [3.63, 3.8) is 0 Å². The molecule has 1 atom stereocenters. The lowest BCUT2D eigenvalue weighted by Gasteiger charge is -2.17. The number of hydrogen-bond donors (Lipinski definition) is 1. The van der Waals surface area contributed by atoms with E-state index in [1.165, 1.54) is 11.4 Å². The van der Waals surface area contributed by atoms with Crippen LogP contribution in [0.15, 0.2) is 15.7 Å². The number of hydrogen-bond acceptors (Lipinski definition) is 4. The van der Waals surface area contributed by atoms with Gasteiger partial charge in [-0.3, -0.25) is 4.79 Å². The van der Waals surface area contributed by atoms with Crippen LogP contribution in [0.5, 0.6) is 0 Å². The summed E-state index contributed by atoms with van der Waals surface area (Å²) in [5.41, 5.74) is 0.354. The topological polar surface area (TPSA) is 63.2 Å². The summed E-state index contributed by atoms with van der Waals surface area (Å²) >= 11 is 0.962. The largest absolute Gasteiger partial charge is 0.349 e. The predicted molar refractivity (Wildman–Crippen MR) is 83.0 cm³/mol. The zero-order chi connectivity index (χ0) is 15.2. The Morgan fingerprint density at radius 3 is 2.55 bits per heavy atom. The molecule has 0 fully saturated rings. The van der Waals surface area contributed by atoms with Gasteiger partial charge in [0.05, 0.1) is 5.56 Å². The Bertz CT molecular complexity index is 540. The molecule has 1 amide bonds. The average Bonchev–Trinajstić information content (AvgIpc) is 2.85. The minimum atomic E-state index is -3.76. The fourth-order valence-electron chi connectivity index (χ4n) is 1.92. The third-order valence-electron chi connectivity index (χ3n) is 2.96. The van der Waals surface area contributed by atoms with Crippen LogP contribution in [0.2, 0.25) is 0 Å². The smallest absolute Gasteiger partial charge is 0.270 e. The van der Waals surface area contributed by atoms with E-state index in [0.717, 1.165) is 43.4 Å². The molecule has 0 aliphatic rings. The molecule has 1 rings (SSSR count). The molecule has 7 heteroatoms. The lowest BCUT2D eigenvalue weighted by atomic mass is 10.0. The quantitative estimate of drug-likeness (QED) is 0.734. The van der Waals surface area contributed by atoms with E-state index in [9.17, 15) is 13.2 Å². The molecule has 0 aliphatic carbocycles. The second kappa shape index (κ2) is 8.00. The monoisotopic (exact) mass is 337 g/mol. The fourth-order valence-corrected chi connectivity index (χ4v) is 3.87. The van der Waals surface area contributed by atoms with E-state index in [4.69, 9.17) is 10.7 Å². The summed E-state index contributed by atoms with van der Waals surface area (Å²) in [4.78, 5) is 12.1. The predicted octanol–water partition coefficient (Wildman–Crippen LogP) is 3.76. The van der Waals surface area contributed by atoms with Gasteiger partial charge in [-0.2, -0.15) is 0 Å². The van der Waals surface area contributed by atoms with Gasteiger partial charge in [-0.05, 0) is 18.9 Å². The summed E-state index contributed by atoms with van der Waals surface area (Å²) < 4.78 is 22.4. The molecule has 20 heavy (non-hydrogen) atoms. The molecule has 0 aliphatic heterocycles. The maximum atomic E-state index is 12.1. The lowest BCUT2D eigenvalue weighted by molar-refractivity contribution is 0.0932. The van der Waals surface area contributed by atoms with Crippen molar-refractivity contribution in [2.24, 2.45) is 0 Å². The molecule has 4 nitrogen and oxygen atoms in total. The summed E-state index contributed by atoms with van der Waals surface area (Å²) in [7, 11) is 1.49. The van der Waals surface area contributed by atoms with Crippen LogP contribution in [0.1, 0.15) is 56.3 Å². The van der Waals surface area contributed by atoms with E-state index in [1.54, 1.807) is 0 Å². The van der Waals surface area contributed by atoms with Crippen LogP contribution in [0.4, 0.5) is 0 Å². The molecule has 1 heterocycles. The summed E-state index contributed by atoms with van der Waals surface area (Å²) in [6.45, 7) is 4.19. The molecule has 1 N–H and O–H groups in total. The highest BCUT2D eigenvalue weighted by Crippen LogP contribution is 2.23. The third kappa shape index (κ3) is 5.42. The van der Waals surface area contributed by atoms with E-state index in [0.29, 0.717) is 5.56 Å². The van der Waals surface area contributed by atoms with Crippen molar-refractivity contribution in [3.05, 3.63) is 17.0 Å². The number of nitrogens with one attached hydrogen (secondary N) is 1. The van der Waals surface area contributed by atoms with Gasteiger partial charge in [-0.1, -0.05) is 33.1 Å². The first-order valence-electron chi connectivity index (χ1n) is 6.72. The molecule has 114 valence electrons. The van der Waals surface area contributed by atoms with Crippen molar-refractivity contribution < 1.29 is 13.2 Å². The van der Waals surface area contributed by atoms with E-state index in [-0.39, 0.29) is 16.2 Å². The molecule has 0 spiro atoms. The number of thiophene rings is 1. The van der Waals surface area contributed by atoms with Gasteiger partial charge in [0, 0.05) is 22.1 Å². The van der Waals surface area contributed by atoms with E-state index in [2.05, 4.69) is 19.2 Å². The summed E-state index contributed by atoms with van der Waals surface area (Å²) in [5, 5.41) is 4.48. The molecule has 1 aromatic rings. The lowest BCUT2D eigenvalue weighted by Crippen LogP contribution is -2.34. The minimum absolute atomic E-state index is 0.00455. The van der Waals surface area contributed by atoms with Crippen molar-refractivity contribution >= 4 is 37.0 Å². The number of halogens is 1. The van der Waals surface area contributed by atoms with Crippen LogP contribution in [-0.4, -0.2) is 20.4 Å². The van der Waals surface area contributed by atoms with Gasteiger partial charge >= 0.3 is 0 Å². The van der Waals surface area contributed by atoms with Crippen molar-refractivity contribution in [3.8, 4) is 0 Å². The van der Waals surface area contributed by atoms with E-state index < -0.39 is 9.05 Å². The van der Waals surface area contributed by atoms with Gasteiger partial charge in [0.1, 0.15) is 4.21 Å². The standard InChI is InChI=1S/C13H20ClNO3S2/c1-3-5-7-11(6-4-2)15-13(16)10-8-12(19-9-10)20(14,17)18/h8-9,11H,3-7H2,1-2H3,(H,15,16). The Labute approximate surface area is 129 Å². The average molecular weight is 338 g/mol. The molecule has 0 bridgehead atoms. The van der Waals surface area contributed by atoms with Gasteiger partial charge in [-0.25, -0.2) is 8.42 Å². The fraction of sp³-hybridized carbons (Fsp3) is 0.615. The van der Waals surface area contributed by atoms with Gasteiger partial charge < -0.3 is 5.32 Å².